The summed E-state index contributed by atoms with van der Waals surface area (Å²) in [6.07, 6.45) is 1.29. The molecule has 1 unspecified atom stereocenters. The molecule has 1 saturated heterocycles. The summed E-state index contributed by atoms with van der Waals surface area (Å²) in [5.41, 5.74) is 2.63. The van der Waals surface area contributed by atoms with E-state index in [2.05, 4.69) is 10.5 Å². The van der Waals surface area contributed by atoms with Gasteiger partial charge in [0.1, 0.15) is 5.76 Å². The van der Waals surface area contributed by atoms with Crippen molar-refractivity contribution in [3.63, 3.8) is 0 Å². The molecule has 26 heavy (non-hydrogen) atoms. The Morgan fingerprint density at radius 3 is 2.92 bits per heavy atom. The van der Waals surface area contributed by atoms with E-state index in [1.165, 1.54) is 0 Å². The average molecular weight is 376 g/mol. The molecule has 2 aromatic rings. The molecule has 1 aromatic carbocycles. The van der Waals surface area contributed by atoms with Gasteiger partial charge in [-0.15, -0.1) is 0 Å². The highest BCUT2D eigenvalue weighted by Crippen LogP contribution is 2.16. The molecule has 1 N–H and O–H groups in total. The summed E-state index contributed by atoms with van der Waals surface area (Å²) in [6, 6.07) is 7.48. The highest BCUT2D eigenvalue weighted by Gasteiger charge is 2.30. The number of hydrogen-bond donors (Lipinski definition) is 1. The topological polar surface area (TPSA) is 75.4 Å². The fourth-order valence-corrected chi connectivity index (χ4v) is 3.45. The van der Waals surface area contributed by atoms with Crippen LogP contribution in [0.2, 0.25) is 5.02 Å². The molecule has 0 radical (unpaired) electrons. The van der Waals surface area contributed by atoms with Crippen LogP contribution in [0.4, 0.5) is 0 Å². The monoisotopic (exact) mass is 375 g/mol. The van der Waals surface area contributed by atoms with Crippen LogP contribution in [-0.4, -0.2) is 41.0 Å². The predicted octanol–water partition coefficient (Wildman–Crippen LogP) is 2.45. The van der Waals surface area contributed by atoms with E-state index < -0.39 is 0 Å². The van der Waals surface area contributed by atoms with Gasteiger partial charge in [-0.1, -0.05) is 28.9 Å². The molecule has 7 heteroatoms. The van der Waals surface area contributed by atoms with Gasteiger partial charge in [-0.25, -0.2) is 0 Å². The number of aryl methyl sites for hydroxylation is 2. The van der Waals surface area contributed by atoms with Crippen molar-refractivity contribution >= 4 is 23.4 Å². The van der Waals surface area contributed by atoms with Crippen LogP contribution >= 0.6 is 11.6 Å². The first-order valence-electron chi connectivity index (χ1n) is 8.65. The zero-order chi connectivity index (χ0) is 18.7. The fourth-order valence-electron chi connectivity index (χ4n) is 3.24. The summed E-state index contributed by atoms with van der Waals surface area (Å²) < 4.78 is 5.08. The Morgan fingerprint density at radius 2 is 2.23 bits per heavy atom. The van der Waals surface area contributed by atoms with Crippen LogP contribution in [0.25, 0.3) is 0 Å². The molecule has 0 saturated carbocycles. The normalized spacial score (nSPS) is 17.0. The van der Waals surface area contributed by atoms with Gasteiger partial charge in [0.25, 0.3) is 0 Å². The Morgan fingerprint density at radius 1 is 1.42 bits per heavy atom. The van der Waals surface area contributed by atoms with Crippen molar-refractivity contribution in [2.24, 2.45) is 0 Å². The lowest BCUT2D eigenvalue weighted by atomic mass is 10.1. The lowest BCUT2D eigenvalue weighted by molar-refractivity contribution is -0.127. The highest BCUT2D eigenvalue weighted by molar-refractivity contribution is 6.30. The van der Waals surface area contributed by atoms with Crippen LogP contribution in [-0.2, 0) is 22.4 Å². The number of nitrogens with one attached hydrogen (secondary N) is 1. The number of amides is 2. The largest absolute Gasteiger partial charge is 0.361 e. The van der Waals surface area contributed by atoms with Gasteiger partial charge in [-0.05, 0) is 38.0 Å². The molecule has 1 aliphatic rings. The van der Waals surface area contributed by atoms with Crippen LogP contribution in [0.1, 0.15) is 29.0 Å². The van der Waals surface area contributed by atoms with Gasteiger partial charge in [0.2, 0.25) is 11.8 Å². The quantitative estimate of drug-likeness (QED) is 0.841. The molecule has 1 atom stereocenters. The second-order valence-corrected chi connectivity index (χ2v) is 7.10. The molecule has 1 fully saturated rings. The number of rotatable bonds is 6. The number of likely N-dealkylation sites (tertiary alicyclic amines) is 1. The molecule has 1 aliphatic heterocycles. The fraction of sp³-hybridized carbons (Fsp3) is 0.421. The Bertz CT molecular complexity index is 799. The van der Waals surface area contributed by atoms with Gasteiger partial charge < -0.3 is 14.7 Å². The van der Waals surface area contributed by atoms with Gasteiger partial charge in [0.05, 0.1) is 18.2 Å². The second kappa shape index (κ2) is 7.91. The molecule has 1 aromatic heterocycles. The van der Waals surface area contributed by atoms with Crippen molar-refractivity contribution < 1.29 is 14.1 Å². The SMILES string of the molecule is Cc1noc(C)c1CC(=O)NC1CC(=O)N(CCc2cccc(Cl)c2)C1. The number of carbonyl (C=O) groups is 2. The Hall–Kier alpha value is -2.34. The van der Waals surface area contributed by atoms with Crippen molar-refractivity contribution in [3.8, 4) is 0 Å². The summed E-state index contributed by atoms with van der Waals surface area (Å²) in [5, 5.41) is 7.50. The van der Waals surface area contributed by atoms with Gasteiger partial charge >= 0.3 is 0 Å². The van der Waals surface area contributed by atoms with Gasteiger partial charge in [-0.3, -0.25) is 9.59 Å². The molecule has 2 heterocycles. The molecule has 0 bridgehead atoms. The first kappa shape index (κ1) is 18.5. The zero-order valence-electron chi connectivity index (χ0n) is 14.9. The van der Waals surface area contributed by atoms with Gasteiger partial charge in [0.15, 0.2) is 0 Å². The lowest BCUT2D eigenvalue weighted by Gasteiger charge is -2.17. The Balaban J connectivity index is 1.50. The summed E-state index contributed by atoms with van der Waals surface area (Å²) in [6.45, 7) is 4.76. The van der Waals surface area contributed by atoms with Crippen molar-refractivity contribution in [3.05, 3.63) is 51.9 Å². The molecule has 3 rings (SSSR count). The summed E-state index contributed by atoms with van der Waals surface area (Å²) in [5.74, 6) is 0.604. The summed E-state index contributed by atoms with van der Waals surface area (Å²) in [7, 11) is 0. The third kappa shape index (κ3) is 4.43. The third-order valence-corrected chi connectivity index (χ3v) is 4.89. The van der Waals surface area contributed by atoms with Crippen molar-refractivity contribution in [2.45, 2.75) is 39.2 Å². The number of halogens is 1. The number of nitrogens with zero attached hydrogens (tertiary/aromatic N) is 2. The maximum atomic E-state index is 12.3. The summed E-state index contributed by atoms with van der Waals surface area (Å²) in [4.78, 5) is 26.3. The minimum atomic E-state index is -0.158. The molecule has 2 amide bonds. The first-order valence-corrected chi connectivity index (χ1v) is 9.03. The van der Waals surface area contributed by atoms with Crippen molar-refractivity contribution in [2.75, 3.05) is 13.1 Å². The van der Waals surface area contributed by atoms with Crippen molar-refractivity contribution in [1.29, 1.82) is 0 Å². The molecular weight excluding hydrogens is 354 g/mol. The standard InChI is InChI=1S/C19H22ClN3O3/c1-12-17(13(2)26-22-12)10-18(24)21-16-9-19(25)23(11-16)7-6-14-4-3-5-15(20)8-14/h3-5,8,16H,6-7,9-11H2,1-2H3,(H,21,24). The first-order chi connectivity index (χ1) is 12.4. The molecule has 0 aliphatic carbocycles. The number of hydrogen-bond acceptors (Lipinski definition) is 4. The smallest absolute Gasteiger partial charge is 0.224 e. The van der Waals surface area contributed by atoms with E-state index in [-0.39, 0.29) is 24.3 Å². The van der Waals surface area contributed by atoms with E-state index in [1.807, 2.05) is 31.2 Å². The average Bonchev–Trinajstić information content (AvgIpc) is 3.09. The molecule has 6 nitrogen and oxygen atoms in total. The number of benzene rings is 1. The number of carbonyl (C=O) groups excluding carboxylic acids is 2. The maximum Gasteiger partial charge on any atom is 0.224 e. The minimum Gasteiger partial charge on any atom is -0.361 e. The van der Waals surface area contributed by atoms with Crippen molar-refractivity contribution in [1.82, 2.24) is 15.4 Å². The van der Waals surface area contributed by atoms with E-state index >= 15 is 0 Å². The predicted molar refractivity (Wildman–Crippen MR) is 98.0 cm³/mol. The molecule has 0 spiro atoms. The lowest BCUT2D eigenvalue weighted by Crippen LogP contribution is -2.38. The zero-order valence-corrected chi connectivity index (χ0v) is 15.7. The second-order valence-electron chi connectivity index (χ2n) is 6.67. The van der Waals surface area contributed by atoms with Gasteiger partial charge in [0, 0.05) is 30.1 Å². The van der Waals surface area contributed by atoms with E-state index in [0.29, 0.717) is 30.3 Å². The highest BCUT2D eigenvalue weighted by atomic mass is 35.5. The maximum absolute atomic E-state index is 12.3. The van der Waals surface area contributed by atoms with Crippen LogP contribution < -0.4 is 5.32 Å². The van der Waals surface area contributed by atoms with E-state index in [0.717, 1.165) is 23.2 Å². The molecular formula is C19H22ClN3O3. The van der Waals surface area contributed by atoms with Crippen LogP contribution in [0.15, 0.2) is 28.8 Å². The van der Waals surface area contributed by atoms with E-state index in [4.69, 9.17) is 16.1 Å². The number of aromatic nitrogens is 1. The van der Waals surface area contributed by atoms with Crippen LogP contribution in [0.3, 0.4) is 0 Å². The van der Waals surface area contributed by atoms with Crippen LogP contribution in [0, 0.1) is 13.8 Å². The van der Waals surface area contributed by atoms with Crippen LogP contribution in [0.5, 0.6) is 0 Å². The molecule has 138 valence electrons. The Kier molecular flexibility index (Phi) is 5.61. The van der Waals surface area contributed by atoms with Gasteiger partial charge in [-0.2, -0.15) is 0 Å². The summed E-state index contributed by atoms with van der Waals surface area (Å²) >= 11 is 5.99. The van der Waals surface area contributed by atoms with E-state index in [9.17, 15) is 9.59 Å². The van der Waals surface area contributed by atoms with E-state index in [1.54, 1.807) is 11.8 Å². The third-order valence-electron chi connectivity index (χ3n) is 4.66. The Labute approximate surface area is 157 Å². The minimum absolute atomic E-state index is 0.0645.